The highest BCUT2D eigenvalue weighted by Gasteiger charge is 2.44. The highest BCUT2D eigenvalue weighted by atomic mass is 16.4. The lowest BCUT2D eigenvalue weighted by molar-refractivity contribution is -0.153. The van der Waals surface area contributed by atoms with E-state index in [2.05, 4.69) is 10.6 Å². The topological polar surface area (TPSA) is 78.4 Å². The van der Waals surface area contributed by atoms with Gasteiger partial charge in [-0.1, -0.05) is 24.6 Å². The highest BCUT2D eigenvalue weighted by molar-refractivity contribution is 5.90. The Bertz CT molecular complexity index is 562. The Kier molecular flexibility index (Phi) is 3.57. The molecule has 5 nitrogen and oxygen atoms in total. The lowest BCUT2D eigenvalue weighted by Gasteiger charge is -2.37. The van der Waals surface area contributed by atoms with Gasteiger partial charge in [0, 0.05) is 12.2 Å². The SMILES string of the molecule is O=C(NCC1(C(=O)O)CCC1)Nc1ccccc1C1CC1. The van der Waals surface area contributed by atoms with E-state index < -0.39 is 11.4 Å². The van der Waals surface area contributed by atoms with Crippen LogP contribution in [-0.2, 0) is 4.79 Å². The fraction of sp³-hybridized carbons (Fsp3) is 0.500. The second-order valence-electron chi connectivity index (χ2n) is 6.11. The summed E-state index contributed by atoms with van der Waals surface area (Å²) >= 11 is 0. The third-order valence-electron chi connectivity index (χ3n) is 4.58. The van der Waals surface area contributed by atoms with Crippen molar-refractivity contribution in [3.05, 3.63) is 29.8 Å². The van der Waals surface area contributed by atoms with Crippen molar-refractivity contribution in [3.63, 3.8) is 0 Å². The number of nitrogens with one attached hydrogen (secondary N) is 2. The number of para-hydroxylation sites is 1. The molecule has 0 atom stereocenters. The number of carboxylic acid groups (broad SMARTS) is 1. The summed E-state index contributed by atoms with van der Waals surface area (Å²) in [6, 6.07) is 7.48. The standard InChI is InChI=1S/C16H20N2O3/c19-14(20)16(8-3-9-16)10-17-15(21)18-13-5-2-1-4-12(13)11-6-7-11/h1-2,4-5,11H,3,6-10H2,(H,19,20)(H2,17,18,21). The number of amides is 2. The highest BCUT2D eigenvalue weighted by Crippen LogP contribution is 2.43. The predicted molar refractivity (Wildman–Crippen MR) is 79.4 cm³/mol. The Balaban J connectivity index is 1.58. The number of hydrogen-bond acceptors (Lipinski definition) is 2. The minimum absolute atomic E-state index is 0.194. The van der Waals surface area contributed by atoms with Crippen LogP contribution in [0.5, 0.6) is 0 Å². The van der Waals surface area contributed by atoms with Crippen LogP contribution in [-0.4, -0.2) is 23.7 Å². The lowest BCUT2D eigenvalue weighted by atomic mass is 9.69. The monoisotopic (exact) mass is 288 g/mol. The molecule has 1 aromatic rings. The first-order valence-electron chi connectivity index (χ1n) is 7.48. The third kappa shape index (κ3) is 2.86. The van der Waals surface area contributed by atoms with Gasteiger partial charge in [0.15, 0.2) is 0 Å². The smallest absolute Gasteiger partial charge is 0.319 e. The summed E-state index contributed by atoms with van der Waals surface area (Å²) < 4.78 is 0. The average Bonchev–Trinajstić information content (AvgIpc) is 3.22. The zero-order chi connectivity index (χ0) is 14.9. The van der Waals surface area contributed by atoms with Crippen molar-refractivity contribution >= 4 is 17.7 Å². The normalized spacial score (nSPS) is 19.4. The van der Waals surface area contributed by atoms with Crippen LogP contribution < -0.4 is 10.6 Å². The molecule has 2 amide bonds. The summed E-state index contributed by atoms with van der Waals surface area (Å²) in [7, 11) is 0. The molecule has 2 aliphatic carbocycles. The van der Waals surface area contributed by atoms with Crippen molar-refractivity contribution in [3.8, 4) is 0 Å². The first kappa shape index (κ1) is 13.9. The molecule has 0 bridgehead atoms. The summed E-state index contributed by atoms with van der Waals surface area (Å²) in [6.07, 6.45) is 4.54. The molecular weight excluding hydrogens is 268 g/mol. The Morgan fingerprint density at radius 1 is 1.24 bits per heavy atom. The molecule has 0 aromatic heterocycles. The molecule has 5 heteroatoms. The van der Waals surface area contributed by atoms with E-state index in [1.54, 1.807) is 0 Å². The van der Waals surface area contributed by atoms with Gasteiger partial charge in [-0.3, -0.25) is 4.79 Å². The molecule has 0 saturated heterocycles. The number of hydrogen-bond donors (Lipinski definition) is 3. The minimum Gasteiger partial charge on any atom is -0.481 e. The van der Waals surface area contributed by atoms with Gasteiger partial charge >= 0.3 is 12.0 Å². The number of aliphatic carboxylic acids is 1. The molecule has 0 heterocycles. The van der Waals surface area contributed by atoms with Crippen LogP contribution in [0, 0.1) is 5.41 Å². The van der Waals surface area contributed by atoms with Crippen molar-refractivity contribution < 1.29 is 14.7 Å². The number of carboxylic acids is 1. The van der Waals surface area contributed by atoms with Gasteiger partial charge in [0.05, 0.1) is 5.41 Å². The first-order chi connectivity index (χ1) is 10.1. The lowest BCUT2D eigenvalue weighted by Crippen LogP contribution is -2.48. The van der Waals surface area contributed by atoms with Gasteiger partial charge in [-0.05, 0) is 43.2 Å². The first-order valence-corrected chi connectivity index (χ1v) is 7.48. The van der Waals surface area contributed by atoms with Crippen molar-refractivity contribution in [1.29, 1.82) is 0 Å². The molecule has 21 heavy (non-hydrogen) atoms. The van der Waals surface area contributed by atoms with Gasteiger partial charge in [0.1, 0.15) is 0 Å². The van der Waals surface area contributed by atoms with E-state index in [-0.39, 0.29) is 12.6 Å². The van der Waals surface area contributed by atoms with Crippen LogP contribution in [0.4, 0.5) is 10.5 Å². The number of carbonyl (C=O) groups is 2. The van der Waals surface area contributed by atoms with Crippen LogP contribution in [0.1, 0.15) is 43.6 Å². The number of rotatable bonds is 5. The predicted octanol–water partition coefficient (Wildman–Crippen LogP) is 2.94. The minimum atomic E-state index is -0.813. The van der Waals surface area contributed by atoms with Crippen LogP contribution in [0.25, 0.3) is 0 Å². The van der Waals surface area contributed by atoms with Crippen molar-refractivity contribution in [2.45, 2.75) is 38.0 Å². The maximum atomic E-state index is 12.0. The Labute approximate surface area is 123 Å². The van der Waals surface area contributed by atoms with Gasteiger partial charge in [0.2, 0.25) is 0 Å². The second kappa shape index (κ2) is 5.39. The molecule has 0 unspecified atom stereocenters. The quantitative estimate of drug-likeness (QED) is 0.779. The van der Waals surface area contributed by atoms with Crippen LogP contribution in [0.15, 0.2) is 24.3 Å². The summed E-state index contributed by atoms with van der Waals surface area (Å²) in [5.74, 6) is -0.258. The fourth-order valence-electron chi connectivity index (χ4n) is 2.85. The molecule has 3 N–H and O–H groups in total. The maximum Gasteiger partial charge on any atom is 0.319 e. The van der Waals surface area contributed by atoms with Crippen molar-refractivity contribution in [2.75, 3.05) is 11.9 Å². The van der Waals surface area contributed by atoms with Gasteiger partial charge in [-0.25, -0.2) is 4.79 Å². The third-order valence-corrected chi connectivity index (χ3v) is 4.58. The van der Waals surface area contributed by atoms with Crippen molar-refractivity contribution in [1.82, 2.24) is 5.32 Å². The largest absolute Gasteiger partial charge is 0.481 e. The summed E-state index contributed by atoms with van der Waals surface area (Å²) in [5.41, 5.74) is 1.24. The molecule has 0 aliphatic heterocycles. The van der Waals surface area contributed by atoms with E-state index in [0.717, 1.165) is 12.1 Å². The van der Waals surface area contributed by atoms with E-state index in [9.17, 15) is 14.7 Å². The van der Waals surface area contributed by atoms with Crippen molar-refractivity contribution in [2.24, 2.45) is 5.41 Å². The Morgan fingerprint density at radius 3 is 2.52 bits per heavy atom. The van der Waals surface area contributed by atoms with E-state index in [4.69, 9.17) is 0 Å². The maximum absolute atomic E-state index is 12.0. The molecule has 2 saturated carbocycles. The molecular formula is C16H20N2O3. The molecule has 2 aliphatic rings. The van der Waals surface area contributed by atoms with E-state index in [1.165, 1.54) is 18.4 Å². The zero-order valence-corrected chi connectivity index (χ0v) is 11.9. The second-order valence-corrected chi connectivity index (χ2v) is 6.11. The molecule has 2 fully saturated rings. The fourth-order valence-corrected chi connectivity index (χ4v) is 2.85. The number of benzene rings is 1. The number of anilines is 1. The van der Waals surface area contributed by atoms with E-state index in [1.807, 2.05) is 24.3 Å². The Morgan fingerprint density at radius 2 is 1.95 bits per heavy atom. The van der Waals surface area contributed by atoms with Gasteiger partial charge in [-0.15, -0.1) is 0 Å². The number of carbonyl (C=O) groups excluding carboxylic acids is 1. The molecule has 0 spiro atoms. The molecule has 112 valence electrons. The van der Waals surface area contributed by atoms with Gasteiger partial charge < -0.3 is 15.7 Å². The van der Waals surface area contributed by atoms with Crippen LogP contribution in [0.2, 0.25) is 0 Å². The Hall–Kier alpha value is -2.04. The summed E-state index contributed by atoms with van der Waals surface area (Å²) in [6.45, 7) is 0.194. The van der Waals surface area contributed by atoms with E-state index in [0.29, 0.717) is 18.8 Å². The number of urea groups is 1. The summed E-state index contributed by atoms with van der Waals surface area (Å²) in [5, 5.41) is 14.8. The average molecular weight is 288 g/mol. The molecule has 1 aromatic carbocycles. The van der Waals surface area contributed by atoms with E-state index >= 15 is 0 Å². The molecule has 3 rings (SSSR count). The van der Waals surface area contributed by atoms with Gasteiger partial charge in [0.25, 0.3) is 0 Å². The van der Waals surface area contributed by atoms with Gasteiger partial charge in [-0.2, -0.15) is 0 Å². The summed E-state index contributed by atoms with van der Waals surface area (Å²) in [4.78, 5) is 23.3. The van der Waals surface area contributed by atoms with Crippen LogP contribution in [0.3, 0.4) is 0 Å². The zero-order valence-electron chi connectivity index (χ0n) is 11.9. The van der Waals surface area contributed by atoms with Crippen LogP contribution >= 0.6 is 0 Å². The molecule has 0 radical (unpaired) electrons.